The zero-order valence-corrected chi connectivity index (χ0v) is 17.5. The van der Waals surface area contributed by atoms with Crippen molar-refractivity contribution in [3.63, 3.8) is 0 Å². The number of ether oxygens (including phenoxy) is 1. The van der Waals surface area contributed by atoms with Crippen LogP contribution in [0.25, 0.3) is 0 Å². The van der Waals surface area contributed by atoms with Crippen LogP contribution in [0.2, 0.25) is 0 Å². The first-order valence-corrected chi connectivity index (χ1v) is 11.2. The minimum Gasteiger partial charge on any atom is -0.492 e. The SMILES string of the molecule is CCCc1ccc(OCCNC(=O)CN(c2cccc(C)c2)S(C)(=O)=O)cc1. The second-order valence-corrected chi connectivity index (χ2v) is 8.61. The summed E-state index contributed by atoms with van der Waals surface area (Å²) in [5.41, 5.74) is 2.66. The van der Waals surface area contributed by atoms with Crippen LogP contribution in [-0.4, -0.2) is 40.3 Å². The molecule has 0 radical (unpaired) electrons. The maximum Gasteiger partial charge on any atom is 0.240 e. The normalized spacial score (nSPS) is 11.1. The Balaban J connectivity index is 1.84. The first-order chi connectivity index (χ1) is 13.3. The fourth-order valence-corrected chi connectivity index (χ4v) is 3.62. The van der Waals surface area contributed by atoms with Gasteiger partial charge in [0.05, 0.1) is 18.5 Å². The zero-order valence-electron chi connectivity index (χ0n) is 16.6. The Morgan fingerprint density at radius 2 is 1.86 bits per heavy atom. The van der Waals surface area contributed by atoms with E-state index in [9.17, 15) is 13.2 Å². The van der Waals surface area contributed by atoms with Gasteiger partial charge in [0.2, 0.25) is 15.9 Å². The summed E-state index contributed by atoms with van der Waals surface area (Å²) >= 11 is 0. The molecule has 0 saturated carbocycles. The number of hydrogen-bond acceptors (Lipinski definition) is 4. The van der Waals surface area contributed by atoms with Crippen molar-refractivity contribution in [3.05, 3.63) is 59.7 Å². The Hall–Kier alpha value is -2.54. The fourth-order valence-electron chi connectivity index (χ4n) is 2.77. The lowest BCUT2D eigenvalue weighted by Crippen LogP contribution is -2.41. The van der Waals surface area contributed by atoms with Gasteiger partial charge in [0.15, 0.2) is 0 Å². The van der Waals surface area contributed by atoms with Gasteiger partial charge in [-0.2, -0.15) is 0 Å². The second-order valence-electron chi connectivity index (χ2n) is 6.70. The van der Waals surface area contributed by atoms with E-state index in [-0.39, 0.29) is 12.5 Å². The van der Waals surface area contributed by atoms with Crippen LogP contribution in [0.15, 0.2) is 48.5 Å². The van der Waals surface area contributed by atoms with Gasteiger partial charge in [0, 0.05) is 0 Å². The van der Waals surface area contributed by atoms with E-state index in [1.807, 2.05) is 37.3 Å². The first kappa shape index (κ1) is 21.8. The topological polar surface area (TPSA) is 75.7 Å². The molecule has 152 valence electrons. The number of hydrogen-bond donors (Lipinski definition) is 1. The molecule has 1 N–H and O–H groups in total. The Kier molecular flexibility index (Phi) is 7.87. The zero-order chi connectivity index (χ0) is 20.6. The van der Waals surface area contributed by atoms with E-state index in [0.717, 1.165) is 34.7 Å². The molecule has 2 rings (SSSR count). The van der Waals surface area contributed by atoms with Gasteiger partial charge in [-0.25, -0.2) is 8.42 Å². The number of nitrogens with zero attached hydrogens (tertiary/aromatic N) is 1. The molecule has 0 aromatic heterocycles. The number of carbonyl (C=O) groups is 1. The van der Waals surface area contributed by atoms with Gasteiger partial charge in [-0.3, -0.25) is 9.10 Å². The third-order valence-corrected chi connectivity index (χ3v) is 5.27. The molecule has 2 aromatic carbocycles. The molecular weight excluding hydrogens is 376 g/mol. The lowest BCUT2D eigenvalue weighted by molar-refractivity contribution is -0.119. The molecule has 0 heterocycles. The Morgan fingerprint density at radius 1 is 1.14 bits per heavy atom. The quantitative estimate of drug-likeness (QED) is 0.618. The summed E-state index contributed by atoms with van der Waals surface area (Å²) in [7, 11) is -3.57. The number of rotatable bonds is 10. The standard InChI is InChI=1S/C21H28N2O4S/c1-4-6-18-9-11-20(12-10-18)27-14-13-22-21(24)16-23(28(3,25)26)19-8-5-7-17(2)15-19/h5,7-12,15H,4,6,13-14,16H2,1-3H3,(H,22,24). The van der Waals surface area contributed by atoms with Crippen LogP contribution >= 0.6 is 0 Å². The average molecular weight is 405 g/mol. The van der Waals surface area contributed by atoms with Gasteiger partial charge in [-0.05, 0) is 48.7 Å². The van der Waals surface area contributed by atoms with Crippen molar-refractivity contribution in [1.29, 1.82) is 0 Å². The molecule has 0 saturated heterocycles. The second kappa shape index (κ2) is 10.1. The van der Waals surface area contributed by atoms with Crippen molar-refractivity contribution >= 4 is 21.6 Å². The third kappa shape index (κ3) is 6.88. The smallest absolute Gasteiger partial charge is 0.240 e. The Labute approximate surface area is 167 Å². The molecule has 28 heavy (non-hydrogen) atoms. The first-order valence-electron chi connectivity index (χ1n) is 9.32. The fraction of sp³-hybridized carbons (Fsp3) is 0.381. The number of aryl methyl sites for hydroxylation is 2. The molecule has 1 amide bonds. The number of anilines is 1. The lowest BCUT2D eigenvalue weighted by atomic mass is 10.1. The van der Waals surface area contributed by atoms with Crippen LogP contribution in [0.3, 0.4) is 0 Å². The van der Waals surface area contributed by atoms with Crippen molar-refractivity contribution in [1.82, 2.24) is 5.32 Å². The van der Waals surface area contributed by atoms with Crippen molar-refractivity contribution in [3.8, 4) is 5.75 Å². The van der Waals surface area contributed by atoms with Crippen LogP contribution in [0, 0.1) is 6.92 Å². The van der Waals surface area contributed by atoms with E-state index in [2.05, 4.69) is 12.2 Å². The van der Waals surface area contributed by atoms with Crippen LogP contribution < -0.4 is 14.4 Å². The number of nitrogens with one attached hydrogen (secondary N) is 1. The number of amides is 1. The maximum absolute atomic E-state index is 12.2. The summed E-state index contributed by atoms with van der Waals surface area (Å²) in [5, 5.41) is 2.70. The molecule has 7 heteroatoms. The lowest BCUT2D eigenvalue weighted by Gasteiger charge is -2.22. The third-order valence-electron chi connectivity index (χ3n) is 4.13. The predicted octanol–water partition coefficient (Wildman–Crippen LogP) is 2.91. The number of carbonyl (C=O) groups excluding carboxylic acids is 1. The number of sulfonamides is 1. The van der Waals surface area contributed by atoms with E-state index < -0.39 is 10.0 Å². The molecular formula is C21H28N2O4S. The van der Waals surface area contributed by atoms with Gasteiger partial charge in [-0.1, -0.05) is 37.6 Å². The van der Waals surface area contributed by atoms with E-state index in [4.69, 9.17) is 4.74 Å². The van der Waals surface area contributed by atoms with Gasteiger partial charge in [0.1, 0.15) is 18.9 Å². The summed E-state index contributed by atoms with van der Waals surface area (Å²) < 4.78 is 30.9. The van der Waals surface area contributed by atoms with Crippen molar-refractivity contribution in [2.24, 2.45) is 0 Å². The molecule has 0 atom stereocenters. The summed E-state index contributed by atoms with van der Waals surface area (Å²) in [6.45, 7) is 4.34. The molecule has 0 bridgehead atoms. The van der Waals surface area contributed by atoms with E-state index >= 15 is 0 Å². The summed E-state index contributed by atoms with van der Waals surface area (Å²) in [5.74, 6) is 0.362. The summed E-state index contributed by atoms with van der Waals surface area (Å²) in [6.07, 6.45) is 3.22. The highest BCUT2D eigenvalue weighted by Gasteiger charge is 2.20. The Bertz CT molecular complexity index is 880. The molecule has 0 aliphatic carbocycles. The highest BCUT2D eigenvalue weighted by atomic mass is 32.2. The average Bonchev–Trinajstić information content (AvgIpc) is 2.64. The van der Waals surface area contributed by atoms with Crippen LogP contribution in [0.5, 0.6) is 5.75 Å². The maximum atomic E-state index is 12.2. The molecule has 0 unspecified atom stereocenters. The Morgan fingerprint density at radius 3 is 2.46 bits per heavy atom. The van der Waals surface area contributed by atoms with Crippen molar-refractivity contribution in [2.45, 2.75) is 26.7 Å². The van der Waals surface area contributed by atoms with Gasteiger partial charge >= 0.3 is 0 Å². The van der Waals surface area contributed by atoms with Gasteiger partial charge in [-0.15, -0.1) is 0 Å². The van der Waals surface area contributed by atoms with E-state index in [0.29, 0.717) is 18.8 Å². The molecule has 2 aromatic rings. The van der Waals surface area contributed by atoms with Gasteiger partial charge in [0.25, 0.3) is 0 Å². The van der Waals surface area contributed by atoms with E-state index in [1.165, 1.54) is 5.56 Å². The summed E-state index contributed by atoms with van der Waals surface area (Å²) in [4.78, 5) is 12.2. The van der Waals surface area contributed by atoms with Crippen LogP contribution in [-0.2, 0) is 21.2 Å². The highest BCUT2D eigenvalue weighted by Crippen LogP contribution is 2.18. The van der Waals surface area contributed by atoms with E-state index in [1.54, 1.807) is 18.2 Å². The monoisotopic (exact) mass is 404 g/mol. The molecule has 0 spiro atoms. The predicted molar refractivity (Wildman–Crippen MR) is 112 cm³/mol. The van der Waals surface area contributed by atoms with Crippen LogP contribution in [0.1, 0.15) is 24.5 Å². The highest BCUT2D eigenvalue weighted by molar-refractivity contribution is 7.92. The van der Waals surface area contributed by atoms with Crippen LogP contribution in [0.4, 0.5) is 5.69 Å². The van der Waals surface area contributed by atoms with Gasteiger partial charge < -0.3 is 10.1 Å². The molecule has 0 fully saturated rings. The minimum absolute atomic E-state index is 0.270. The number of benzene rings is 2. The van der Waals surface area contributed by atoms with Crippen molar-refractivity contribution < 1.29 is 17.9 Å². The summed E-state index contributed by atoms with van der Waals surface area (Å²) in [6, 6.07) is 14.9. The minimum atomic E-state index is -3.57. The largest absolute Gasteiger partial charge is 0.492 e. The van der Waals surface area contributed by atoms with Crippen molar-refractivity contribution in [2.75, 3.05) is 30.3 Å². The molecule has 6 nitrogen and oxygen atoms in total. The molecule has 0 aliphatic rings. The molecule has 0 aliphatic heterocycles.